The number of thioether (sulfide) groups is 1. The van der Waals surface area contributed by atoms with Crippen LogP contribution >= 0.6 is 11.8 Å². The average Bonchev–Trinajstić information content (AvgIpc) is 2.57. The van der Waals surface area contributed by atoms with E-state index in [1.165, 1.54) is 25.9 Å². The molecule has 9 heteroatoms. The van der Waals surface area contributed by atoms with Crippen molar-refractivity contribution in [1.82, 2.24) is 4.31 Å². The van der Waals surface area contributed by atoms with E-state index in [9.17, 15) is 21.6 Å². The van der Waals surface area contributed by atoms with Crippen LogP contribution in [0.2, 0.25) is 0 Å². The summed E-state index contributed by atoms with van der Waals surface area (Å²) >= 11 is 1.47. The van der Waals surface area contributed by atoms with Gasteiger partial charge in [0.05, 0.1) is 7.11 Å². The highest BCUT2D eigenvalue weighted by Gasteiger charge is 2.27. The lowest BCUT2D eigenvalue weighted by Crippen LogP contribution is -2.27. The van der Waals surface area contributed by atoms with Crippen LogP contribution in [0, 0.1) is 17.5 Å². The minimum Gasteiger partial charge on any atom is -0.496 e. The molecule has 0 bridgehead atoms. The average molecular weight is 391 g/mol. The summed E-state index contributed by atoms with van der Waals surface area (Å²) in [6.45, 7) is -0.0915. The molecule has 0 heterocycles. The van der Waals surface area contributed by atoms with Gasteiger partial charge in [-0.05, 0) is 30.0 Å². The van der Waals surface area contributed by atoms with E-state index in [-0.39, 0.29) is 12.6 Å². The normalized spacial score (nSPS) is 11.8. The first-order valence-electron chi connectivity index (χ1n) is 7.02. The van der Waals surface area contributed by atoms with Crippen molar-refractivity contribution in [2.24, 2.45) is 0 Å². The fraction of sp³-hybridized carbons (Fsp3) is 0.250. The second-order valence-electron chi connectivity index (χ2n) is 5.15. The Bertz CT molecular complexity index is 888. The molecule has 0 amide bonds. The molecule has 0 spiro atoms. The predicted octanol–water partition coefficient (Wildman–Crippen LogP) is 3.66. The van der Waals surface area contributed by atoms with Crippen LogP contribution in [-0.4, -0.2) is 33.1 Å². The highest BCUT2D eigenvalue weighted by atomic mass is 32.2. The standard InChI is InChI=1S/C16H16F3NO3S2/c1-20(9-10-4-5-15(24-3)14(6-10)23-2)25(21,22)16-8-12(18)11(17)7-13(16)19/h4-8H,9H2,1-3H3. The molecule has 2 aromatic rings. The van der Waals surface area contributed by atoms with E-state index in [1.807, 2.05) is 6.26 Å². The lowest BCUT2D eigenvalue weighted by molar-refractivity contribution is 0.402. The molecule has 4 nitrogen and oxygen atoms in total. The van der Waals surface area contributed by atoms with Crippen molar-refractivity contribution in [3.8, 4) is 5.75 Å². The van der Waals surface area contributed by atoms with Crippen molar-refractivity contribution in [3.63, 3.8) is 0 Å². The molecule has 25 heavy (non-hydrogen) atoms. The van der Waals surface area contributed by atoms with E-state index < -0.39 is 32.4 Å². The smallest absolute Gasteiger partial charge is 0.246 e. The molecule has 0 aliphatic carbocycles. The van der Waals surface area contributed by atoms with E-state index in [1.54, 1.807) is 18.2 Å². The number of hydrogen-bond donors (Lipinski definition) is 0. The Balaban J connectivity index is 2.34. The Morgan fingerprint density at radius 1 is 1.08 bits per heavy atom. The molecule has 0 N–H and O–H groups in total. The van der Waals surface area contributed by atoms with Gasteiger partial charge in [-0.1, -0.05) is 6.07 Å². The van der Waals surface area contributed by atoms with Crippen LogP contribution in [0.25, 0.3) is 0 Å². The van der Waals surface area contributed by atoms with Gasteiger partial charge < -0.3 is 4.74 Å². The van der Waals surface area contributed by atoms with Crippen LogP contribution < -0.4 is 4.74 Å². The summed E-state index contributed by atoms with van der Waals surface area (Å²) in [6.07, 6.45) is 1.87. The zero-order valence-electron chi connectivity index (χ0n) is 13.7. The maximum absolute atomic E-state index is 13.8. The molecular weight excluding hydrogens is 375 g/mol. The highest BCUT2D eigenvalue weighted by molar-refractivity contribution is 7.98. The van der Waals surface area contributed by atoms with E-state index in [4.69, 9.17) is 4.74 Å². The number of halogens is 3. The minimum atomic E-state index is -4.34. The third-order valence-corrected chi connectivity index (χ3v) is 6.11. The Kier molecular flexibility index (Phi) is 6.02. The summed E-state index contributed by atoms with van der Waals surface area (Å²) in [7, 11) is -1.61. The second kappa shape index (κ2) is 7.67. The van der Waals surface area contributed by atoms with Gasteiger partial charge in [0.2, 0.25) is 10.0 Å². The van der Waals surface area contributed by atoms with Crippen LogP contribution in [0.4, 0.5) is 13.2 Å². The quantitative estimate of drug-likeness (QED) is 0.557. The monoisotopic (exact) mass is 391 g/mol. The van der Waals surface area contributed by atoms with Crippen LogP contribution in [0.5, 0.6) is 5.75 Å². The molecular formula is C16H16F3NO3S2. The maximum atomic E-state index is 13.8. The number of methoxy groups -OCH3 is 1. The minimum absolute atomic E-state index is 0.0915. The van der Waals surface area contributed by atoms with Gasteiger partial charge in [-0.25, -0.2) is 21.6 Å². The summed E-state index contributed by atoms with van der Waals surface area (Å²) in [5.41, 5.74) is 0.601. The third kappa shape index (κ3) is 4.10. The van der Waals surface area contributed by atoms with Gasteiger partial charge >= 0.3 is 0 Å². The number of ether oxygens (including phenoxy) is 1. The van der Waals surface area contributed by atoms with Gasteiger partial charge in [0.1, 0.15) is 16.5 Å². The first kappa shape index (κ1) is 19.6. The molecule has 0 saturated carbocycles. The van der Waals surface area contributed by atoms with Crippen molar-refractivity contribution < 1.29 is 26.3 Å². The number of nitrogens with zero attached hydrogens (tertiary/aromatic N) is 1. The van der Waals surface area contributed by atoms with Gasteiger partial charge in [-0.3, -0.25) is 0 Å². The number of hydrogen-bond acceptors (Lipinski definition) is 4. The molecule has 0 aliphatic heterocycles. The van der Waals surface area contributed by atoms with Crippen molar-refractivity contribution in [1.29, 1.82) is 0 Å². The Morgan fingerprint density at radius 3 is 2.32 bits per heavy atom. The van der Waals surface area contributed by atoms with Crippen LogP contribution in [0.15, 0.2) is 40.1 Å². The van der Waals surface area contributed by atoms with Crippen molar-refractivity contribution in [2.75, 3.05) is 20.4 Å². The van der Waals surface area contributed by atoms with Crippen molar-refractivity contribution in [3.05, 3.63) is 53.3 Å². The molecule has 0 radical (unpaired) electrons. The molecule has 0 aliphatic rings. The summed E-state index contributed by atoms with van der Waals surface area (Å²) in [5.74, 6) is -3.65. The van der Waals surface area contributed by atoms with Gasteiger partial charge in [0.25, 0.3) is 0 Å². The number of rotatable bonds is 6. The van der Waals surface area contributed by atoms with Crippen LogP contribution in [0.3, 0.4) is 0 Å². The van der Waals surface area contributed by atoms with E-state index in [2.05, 4.69) is 0 Å². The van der Waals surface area contributed by atoms with Gasteiger partial charge in [0.15, 0.2) is 11.6 Å². The summed E-state index contributed by atoms with van der Waals surface area (Å²) in [4.78, 5) is -0.0370. The summed E-state index contributed by atoms with van der Waals surface area (Å²) < 4.78 is 71.2. The molecule has 136 valence electrons. The van der Waals surface area contributed by atoms with Crippen molar-refractivity contribution >= 4 is 21.8 Å². The first-order chi connectivity index (χ1) is 11.7. The second-order valence-corrected chi connectivity index (χ2v) is 8.01. The molecule has 0 aromatic heterocycles. The predicted molar refractivity (Wildman–Crippen MR) is 89.7 cm³/mol. The zero-order valence-corrected chi connectivity index (χ0v) is 15.3. The fourth-order valence-corrected chi connectivity index (χ4v) is 3.95. The number of benzene rings is 2. The topological polar surface area (TPSA) is 46.6 Å². The van der Waals surface area contributed by atoms with Gasteiger partial charge in [0, 0.05) is 24.6 Å². The lowest BCUT2D eigenvalue weighted by atomic mass is 10.2. The third-order valence-electron chi connectivity index (χ3n) is 3.52. The lowest BCUT2D eigenvalue weighted by Gasteiger charge is -2.18. The fourth-order valence-electron chi connectivity index (χ4n) is 2.19. The SMILES string of the molecule is COc1cc(CN(C)S(=O)(=O)c2cc(F)c(F)cc2F)ccc1SC. The van der Waals surface area contributed by atoms with Crippen LogP contribution in [-0.2, 0) is 16.6 Å². The van der Waals surface area contributed by atoms with E-state index in [0.717, 1.165) is 9.20 Å². The molecule has 2 rings (SSSR count). The molecule has 0 saturated heterocycles. The maximum Gasteiger partial charge on any atom is 0.246 e. The Hall–Kier alpha value is -1.71. The summed E-state index contributed by atoms with van der Waals surface area (Å²) in [6, 6.07) is 5.71. The Morgan fingerprint density at radius 2 is 1.72 bits per heavy atom. The summed E-state index contributed by atoms with van der Waals surface area (Å²) in [5, 5.41) is 0. The highest BCUT2D eigenvalue weighted by Crippen LogP contribution is 2.29. The molecule has 2 aromatic carbocycles. The first-order valence-corrected chi connectivity index (χ1v) is 9.69. The number of sulfonamides is 1. The van der Waals surface area contributed by atoms with Crippen LogP contribution in [0.1, 0.15) is 5.56 Å². The molecule has 0 fully saturated rings. The van der Waals surface area contributed by atoms with Crippen molar-refractivity contribution in [2.45, 2.75) is 16.3 Å². The Labute approximate surface area is 148 Å². The van der Waals surface area contributed by atoms with Gasteiger partial charge in [-0.15, -0.1) is 11.8 Å². The largest absolute Gasteiger partial charge is 0.496 e. The zero-order chi connectivity index (χ0) is 18.8. The van der Waals surface area contributed by atoms with E-state index >= 15 is 0 Å². The van der Waals surface area contributed by atoms with E-state index in [0.29, 0.717) is 17.4 Å². The molecule has 0 unspecified atom stereocenters. The molecule has 0 atom stereocenters. The van der Waals surface area contributed by atoms with Gasteiger partial charge in [-0.2, -0.15) is 4.31 Å².